The smallest absolute Gasteiger partial charge is 0.261 e. The summed E-state index contributed by atoms with van der Waals surface area (Å²) in [5, 5.41) is 0. The van der Waals surface area contributed by atoms with Crippen LogP contribution in [-0.4, -0.2) is 56.0 Å². The summed E-state index contributed by atoms with van der Waals surface area (Å²) < 4.78 is 51.1. The Morgan fingerprint density at radius 1 is 1.33 bits per heavy atom. The first-order chi connectivity index (χ1) is 11.2. The van der Waals surface area contributed by atoms with E-state index in [4.69, 9.17) is 14.0 Å². The lowest BCUT2D eigenvalue weighted by molar-refractivity contribution is -0.0852. The Balaban J connectivity index is 0.000000368. The number of morpholine rings is 1. The molecule has 2 atom stereocenters. The third-order valence-corrected chi connectivity index (χ3v) is 4.04. The van der Waals surface area contributed by atoms with Crippen LogP contribution >= 0.6 is 0 Å². The van der Waals surface area contributed by atoms with Crippen molar-refractivity contribution in [1.29, 1.82) is 0 Å². The first-order valence-corrected chi connectivity index (χ1v) is 9.73. The van der Waals surface area contributed by atoms with Gasteiger partial charge in [0.2, 0.25) is 0 Å². The summed E-state index contributed by atoms with van der Waals surface area (Å²) in [5.41, 5.74) is 0.854. The number of hydrogen-bond acceptors (Lipinski definition) is 5. The van der Waals surface area contributed by atoms with E-state index in [-0.39, 0.29) is 18.0 Å². The van der Waals surface area contributed by atoms with Crippen molar-refractivity contribution >= 4 is 10.1 Å². The number of halogens is 1. The normalized spacial score (nSPS) is 24.1. The van der Waals surface area contributed by atoms with Crippen LogP contribution < -0.4 is 4.74 Å². The van der Waals surface area contributed by atoms with E-state index in [9.17, 15) is 12.8 Å². The molecule has 0 aromatic heterocycles. The maximum absolute atomic E-state index is 13.5. The molecule has 1 fully saturated rings. The largest absolute Gasteiger partial charge is 0.493 e. The highest BCUT2D eigenvalue weighted by Crippen LogP contribution is 2.39. The lowest BCUT2D eigenvalue weighted by atomic mass is 9.96. The second-order valence-electron chi connectivity index (χ2n) is 6.24. The van der Waals surface area contributed by atoms with Gasteiger partial charge >= 0.3 is 0 Å². The van der Waals surface area contributed by atoms with Gasteiger partial charge in [0, 0.05) is 24.2 Å². The van der Waals surface area contributed by atoms with Gasteiger partial charge in [-0.05, 0) is 38.5 Å². The van der Waals surface area contributed by atoms with Gasteiger partial charge in [-0.1, -0.05) is 0 Å². The zero-order chi connectivity index (χ0) is 17.9. The number of rotatable bonds is 1. The molecular formula is C16H24FNO5S. The minimum atomic E-state index is -3.67. The second-order valence-corrected chi connectivity index (χ2v) is 7.71. The van der Waals surface area contributed by atoms with Crippen LogP contribution in [0.5, 0.6) is 5.75 Å². The Kier molecular flexibility index (Phi) is 6.19. The van der Waals surface area contributed by atoms with E-state index in [1.54, 1.807) is 12.1 Å². The van der Waals surface area contributed by atoms with E-state index < -0.39 is 10.1 Å². The molecule has 1 aromatic rings. The molecule has 8 heteroatoms. The summed E-state index contributed by atoms with van der Waals surface area (Å²) >= 11 is 0. The van der Waals surface area contributed by atoms with Gasteiger partial charge in [0.15, 0.2) is 0 Å². The highest BCUT2D eigenvalue weighted by Gasteiger charge is 2.37. The zero-order valence-electron chi connectivity index (χ0n) is 14.1. The van der Waals surface area contributed by atoms with Crippen LogP contribution in [0.15, 0.2) is 18.2 Å². The van der Waals surface area contributed by atoms with Gasteiger partial charge in [0.1, 0.15) is 17.7 Å². The summed E-state index contributed by atoms with van der Waals surface area (Å²) in [6.07, 6.45) is 1.55. The molecule has 136 valence electrons. The van der Waals surface area contributed by atoms with Crippen molar-refractivity contribution < 1.29 is 26.8 Å². The van der Waals surface area contributed by atoms with Crippen molar-refractivity contribution in [3.05, 3.63) is 29.6 Å². The quantitative estimate of drug-likeness (QED) is 0.774. The fourth-order valence-corrected chi connectivity index (χ4v) is 3.15. The standard InChI is InChI=1S/C15H20FNO2.CH4O3S/c1-10(2)17-6-8-19-15-12-9-11(16)3-4-14(12)18-7-5-13(15)17;1-5(2,3)4/h3-4,9-10,13,15H,5-8H2,1-2H3;1H3,(H,2,3,4)/t13-,15-;/m0./s1. The molecule has 2 aliphatic rings. The minimum absolute atomic E-state index is 0.0793. The van der Waals surface area contributed by atoms with E-state index in [0.717, 1.165) is 24.3 Å². The molecule has 0 saturated carbocycles. The molecule has 0 unspecified atom stereocenters. The second kappa shape index (κ2) is 7.77. The van der Waals surface area contributed by atoms with Gasteiger partial charge in [0.05, 0.1) is 19.5 Å². The molecule has 1 saturated heterocycles. The Morgan fingerprint density at radius 3 is 2.62 bits per heavy atom. The number of hydrogen-bond donors (Lipinski definition) is 1. The van der Waals surface area contributed by atoms with Crippen LogP contribution in [0.4, 0.5) is 4.39 Å². The topological polar surface area (TPSA) is 76.1 Å². The van der Waals surface area contributed by atoms with E-state index >= 15 is 0 Å². The van der Waals surface area contributed by atoms with Crippen molar-refractivity contribution in [2.24, 2.45) is 0 Å². The molecule has 2 aliphatic heterocycles. The molecule has 1 N–H and O–H groups in total. The molecule has 0 spiro atoms. The van der Waals surface area contributed by atoms with E-state index in [1.807, 2.05) is 0 Å². The summed E-state index contributed by atoms with van der Waals surface area (Å²) in [6.45, 7) is 6.67. The molecule has 1 aromatic carbocycles. The molecule has 0 aliphatic carbocycles. The molecular weight excluding hydrogens is 337 g/mol. The highest BCUT2D eigenvalue weighted by molar-refractivity contribution is 7.85. The van der Waals surface area contributed by atoms with Crippen molar-refractivity contribution in [2.45, 2.75) is 38.5 Å². The fraction of sp³-hybridized carbons (Fsp3) is 0.625. The third kappa shape index (κ3) is 5.14. The minimum Gasteiger partial charge on any atom is -0.493 e. The van der Waals surface area contributed by atoms with Crippen molar-refractivity contribution in [3.8, 4) is 5.75 Å². The van der Waals surface area contributed by atoms with Gasteiger partial charge in [-0.25, -0.2) is 4.39 Å². The summed E-state index contributed by atoms with van der Waals surface area (Å²) in [4.78, 5) is 2.44. The summed E-state index contributed by atoms with van der Waals surface area (Å²) in [5.74, 6) is 0.535. The molecule has 0 radical (unpaired) electrons. The SMILES string of the molecule is CC(C)N1CCO[C@H]2c3cc(F)ccc3OCC[C@@H]21.CS(=O)(=O)O. The third-order valence-electron chi connectivity index (χ3n) is 4.04. The molecule has 2 heterocycles. The van der Waals surface area contributed by atoms with Crippen LogP contribution in [0.3, 0.4) is 0 Å². The summed E-state index contributed by atoms with van der Waals surface area (Å²) in [6, 6.07) is 5.46. The predicted octanol–water partition coefficient (Wildman–Crippen LogP) is 2.26. The monoisotopic (exact) mass is 361 g/mol. The van der Waals surface area contributed by atoms with Crippen LogP contribution in [0, 0.1) is 5.82 Å². The number of nitrogens with zero attached hydrogens (tertiary/aromatic N) is 1. The number of fused-ring (bicyclic) bond motifs is 3. The van der Waals surface area contributed by atoms with Crippen molar-refractivity contribution in [2.75, 3.05) is 26.0 Å². The average molecular weight is 361 g/mol. The first kappa shape index (κ1) is 19.1. The van der Waals surface area contributed by atoms with Gasteiger partial charge < -0.3 is 9.47 Å². The Bertz CT molecular complexity index is 656. The number of ether oxygens (including phenoxy) is 2. The lowest BCUT2D eigenvalue weighted by Gasteiger charge is -2.42. The predicted molar refractivity (Wildman–Crippen MR) is 88.3 cm³/mol. The average Bonchev–Trinajstić information content (AvgIpc) is 2.64. The molecule has 6 nitrogen and oxygen atoms in total. The molecule has 0 amide bonds. The van der Waals surface area contributed by atoms with Crippen LogP contribution in [0.25, 0.3) is 0 Å². The van der Waals surface area contributed by atoms with Gasteiger partial charge in [0.25, 0.3) is 10.1 Å². The van der Waals surface area contributed by atoms with Gasteiger partial charge in [-0.15, -0.1) is 0 Å². The van der Waals surface area contributed by atoms with Gasteiger partial charge in [-0.2, -0.15) is 8.42 Å². The maximum Gasteiger partial charge on any atom is 0.261 e. The lowest BCUT2D eigenvalue weighted by Crippen LogP contribution is -2.50. The van der Waals surface area contributed by atoms with Gasteiger partial charge in [-0.3, -0.25) is 9.45 Å². The highest BCUT2D eigenvalue weighted by atomic mass is 32.2. The van der Waals surface area contributed by atoms with Crippen molar-refractivity contribution in [3.63, 3.8) is 0 Å². The van der Waals surface area contributed by atoms with Crippen LogP contribution in [0.2, 0.25) is 0 Å². The molecule has 3 rings (SSSR count). The van der Waals surface area contributed by atoms with E-state index in [0.29, 0.717) is 25.5 Å². The Hall–Kier alpha value is -1.22. The van der Waals surface area contributed by atoms with E-state index in [1.165, 1.54) is 6.07 Å². The molecule has 24 heavy (non-hydrogen) atoms. The van der Waals surface area contributed by atoms with E-state index in [2.05, 4.69) is 18.7 Å². The fourth-order valence-electron chi connectivity index (χ4n) is 3.15. The van der Waals surface area contributed by atoms with Crippen LogP contribution in [-0.2, 0) is 14.9 Å². The Morgan fingerprint density at radius 2 is 2.00 bits per heavy atom. The zero-order valence-corrected chi connectivity index (χ0v) is 14.9. The first-order valence-electron chi connectivity index (χ1n) is 7.89. The van der Waals surface area contributed by atoms with Crippen LogP contribution in [0.1, 0.15) is 31.9 Å². The van der Waals surface area contributed by atoms with Crippen molar-refractivity contribution in [1.82, 2.24) is 4.90 Å². The maximum atomic E-state index is 13.5. The molecule has 0 bridgehead atoms. The number of benzene rings is 1. The Labute approximate surface area is 142 Å². The summed E-state index contributed by atoms with van der Waals surface area (Å²) in [7, 11) is -3.67.